The molecule has 0 bridgehead atoms. The second-order valence-electron chi connectivity index (χ2n) is 5.98. The van der Waals surface area contributed by atoms with Crippen molar-refractivity contribution in [2.45, 2.75) is 64.6 Å². The summed E-state index contributed by atoms with van der Waals surface area (Å²) in [6, 6.07) is 12.8. The Balaban J connectivity index is 2.10. The molecular weight excluding hydrogens is 244 g/mol. The van der Waals surface area contributed by atoms with Gasteiger partial charge in [-0.2, -0.15) is 0 Å². The van der Waals surface area contributed by atoms with Crippen LogP contribution in [0.1, 0.15) is 58.1 Å². The molecule has 1 aromatic rings. The number of hydrogen-bond donors (Lipinski definition) is 1. The Bertz CT molecular complexity index is 376. The van der Waals surface area contributed by atoms with Gasteiger partial charge in [0.15, 0.2) is 0 Å². The zero-order valence-electron chi connectivity index (χ0n) is 13.3. The molecule has 2 heteroatoms. The minimum atomic E-state index is 0.491. The van der Waals surface area contributed by atoms with E-state index in [1.54, 1.807) is 0 Å². The van der Waals surface area contributed by atoms with Crippen LogP contribution in [0.2, 0.25) is 0 Å². The summed E-state index contributed by atoms with van der Waals surface area (Å²) in [6.45, 7) is 9.24. The topological polar surface area (TPSA) is 15.3 Å². The highest BCUT2D eigenvalue weighted by Crippen LogP contribution is 2.25. The van der Waals surface area contributed by atoms with Crippen LogP contribution in [0.4, 0.5) is 0 Å². The van der Waals surface area contributed by atoms with Gasteiger partial charge < -0.3 is 5.32 Å². The molecule has 20 heavy (non-hydrogen) atoms. The lowest BCUT2D eigenvalue weighted by Gasteiger charge is -2.44. The molecule has 0 spiro atoms. The third-order valence-corrected chi connectivity index (χ3v) is 4.70. The van der Waals surface area contributed by atoms with Crippen molar-refractivity contribution in [3.05, 3.63) is 35.9 Å². The molecule has 1 saturated heterocycles. The van der Waals surface area contributed by atoms with Gasteiger partial charge in [0.2, 0.25) is 0 Å². The summed E-state index contributed by atoms with van der Waals surface area (Å²) in [5, 5.41) is 3.75. The van der Waals surface area contributed by atoms with Crippen LogP contribution < -0.4 is 5.32 Å². The standard InChI is InChI=1S/C18H30N2/c1-4-10-16(5-2)20-14-18(19-13-17(20)6-3)15-11-8-7-9-12-15/h7-9,11-12,16-19H,4-6,10,13-14H2,1-3H3. The maximum absolute atomic E-state index is 3.75. The number of rotatable bonds is 6. The summed E-state index contributed by atoms with van der Waals surface area (Å²) < 4.78 is 0. The first-order chi connectivity index (χ1) is 9.80. The third kappa shape index (κ3) is 3.62. The molecule has 0 aromatic heterocycles. The molecule has 3 atom stereocenters. The van der Waals surface area contributed by atoms with Gasteiger partial charge in [0.1, 0.15) is 0 Å². The number of hydrogen-bond acceptors (Lipinski definition) is 2. The Morgan fingerprint density at radius 3 is 2.55 bits per heavy atom. The predicted octanol–water partition coefficient (Wildman–Crippen LogP) is 3.99. The molecule has 0 saturated carbocycles. The van der Waals surface area contributed by atoms with E-state index in [1.165, 1.54) is 31.2 Å². The van der Waals surface area contributed by atoms with E-state index in [1.807, 2.05) is 0 Å². The number of piperazine rings is 1. The summed E-state index contributed by atoms with van der Waals surface area (Å²) in [4.78, 5) is 2.78. The second-order valence-corrected chi connectivity index (χ2v) is 5.98. The van der Waals surface area contributed by atoms with E-state index in [-0.39, 0.29) is 0 Å². The van der Waals surface area contributed by atoms with Crippen LogP contribution in [-0.4, -0.2) is 30.1 Å². The number of benzene rings is 1. The third-order valence-electron chi connectivity index (χ3n) is 4.70. The van der Waals surface area contributed by atoms with Gasteiger partial charge in [0, 0.05) is 31.2 Å². The Kier molecular flexibility index (Phi) is 6.06. The van der Waals surface area contributed by atoms with Crippen LogP contribution in [0, 0.1) is 0 Å². The van der Waals surface area contributed by atoms with Gasteiger partial charge in [-0.05, 0) is 24.8 Å². The SMILES string of the molecule is CCCC(CC)N1CC(c2ccccc2)NCC1CC. The zero-order chi connectivity index (χ0) is 14.4. The number of nitrogens with one attached hydrogen (secondary N) is 1. The van der Waals surface area contributed by atoms with Crippen molar-refractivity contribution in [3.8, 4) is 0 Å². The molecule has 1 heterocycles. The molecule has 1 N–H and O–H groups in total. The first-order valence-corrected chi connectivity index (χ1v) is 8.34. The fourth-order valence-corrected chi connectivity index (χ4v) is 3.49. The van der Waals surface area contributed by atoms with E-state index >= 15 is 0 Å². The highest BCUT2D eigenvalue weighted by atomic mass is 15.3. The van der Waals surface area contributed by atoms with E-state index < -0.39 is 0 Å². The van der Waals surface area contributed by atoms with E-state index in [9.17, 15) is 0 Å². The maximum Gasteiger partial charge on any atom is 0.0450 e. The van der Waals surface area contributed by atoms with Crippen molar-refractivity contribution < 1.29 is 0 Å². The van der Waals surface area contributed by atoms with Crippen molar-refractivity contribution in [2.24, 2.45) is 0 Å². The molecule has 0 amide bonds. The molecule has 2 nitrogen and oxygen atoms in total. The van der Waals surface area contributed by atoms with Gasteiger partial charge in [-0.15, -0.1) is 0 Å². The van der Waals surface area contributed by atoms with E-state index in [0.717, 1.165) is 19.1 Å². The van der Waals surface area contributed by atoms with Crippen LogP contribution in [0.25, 0.3) is 0 Å². The van der Waals surface area contributed by atoms with Gasteiger partial charge in [-0.25, -0.2) is 0 Å². The van der Waals surface area contributed by atoms with Crippen molar-refractivity contribution in [2.75, 3.05) is 13.1 Å². The molecule has 1 aliphatic rings. The van der Waals surface area contributed by atoms with Gasteiger partial charge in [-0.1, -0.05) is 57.5 Å². The van der Waals surface area contributed by atoms with Crippen molar-refractivity contribution >= 4 is 0 Å². The Labute approximate surface area is 124 Å². The fourth-order valence-electron chi connectivity index (χ4n) is 3.49. The molecule has 112 valence electrons. The second kappa shape index (κ2) is 7.80. The summed E-state index contributed by atoms with van der Waals surface area (Å²) in [7, 11) is 0. The maximum atomic E-state index is 3.75. The Hall–Kier alpha value is -0.860. The van der Waals surface area contributed by atoms with Gasteiger partial charge >= 0.3 is 0 Å². The minimum Gasteiger partial charge on any atom is -0.307 e. The van der Waals surface area contributed by atoms with Crippen molar-refractivity contribution in [3.63, 3.8) is 0 Å². The quantitative estimate of drug-likeness (QED) is 0.844. The van der Waals surface area contributed by atoms with E-state index in [2.05, 4.69) is 61.3 Å². The predicted molar refractivity (Wildman–Crippen MR) is 87.0 cm³/mol. The normalized spacial score (nSPS) is 25.6. The average molecular weight is 274 g/mol. The molecular formula is C18H30N2. The number of nitrogens with zero attached hydrogens (tertiary/aromatic N) is 1. The van der Waals surface area contributed by atoms with Crippen molar-refractivity contribution in [1.82, 2.24) is 10.2 Å². The van der Waals surface area contributed by atoms with Crippen LogP contribution in [0.5, 0.6) is 0 Å². The first-order valence-electron chi connectivity index (χ1n) is 8.34. The van der Waals surface area contributed by atoms with Gasteiger partial charge in [-0.3, -0.25) is 4.90 Å². The molecule has 0 aliphatic carbocycles. The molecule has 3 unspecified atom stereocenters. The van der Waals surface area contributed by atoms with Crippen LogP contribution in [0.15, 0.2) is 30.3 Å². The monoisotopic (exact) mass is 274 g/mol. The van der Waals surface area contributed by atoms with Gasteiger partial charge in [0.05, 0.1) is 0 Å². The Morgan fingerprint density at radius 1 is 1.20 bits per heavy atom. The molecule has 1 fully saturated rings. The highest BCUT2D eigenvalue weighted by Gasteiger charge is 2.31. The summed E-state index contributed by atoms with van der Waals surface area (Å²) in [6.07, 6.45) is 5.13. The molecule has 2 rings (SSSR count). The molecule has 1 aromatic carbocycles. The fraction of sp³-hybridized carbons (Fsp3) is 0.667. The van der Waals surface area contributed by atoms with Crippen LogP contribution >= 0.6 is 0 Å². The van der Waals surface area contributed by atoms with Crippen molar-refractivity contribution in [1.29, 1.82) is 0 Å². The van der Waals surface area contributed by atoms with E-state index in [0.29, 0.717) is 12.1 Å². The lowest BCUT2D eigenvalue weighted by atomic mass is 9.96. The Morgan fingerprint density at radius 2 is 1.95 bits per heavy atom. The highest BCUT2D eigenvalue weighted by molar-refractivity contribution is 5.20. The lowest BCUT2D eigenvalue weighted by molar-refractivity contribution is 0.0713. The first kappa shape index (κ1) is 15.5. The summed E-state index contributed by atoms with van der Waals surface area (Å²) >= 11 is 0. The molecule has 1 aliphatic heterocycles. The van der Waals surface area contributed by atoms with Gasteiger partial charge in [0.25, 0.3) is 0 Å². The lowest BCUT2D eigenvalue weighted by Crippen LogP contribution is -2.55. The largest absolute Gasteiger partial charge is 0.307 e. The average Bonchev–Trinajstić information content (AvgIpc) is 2.53. The smallest absolute Gasteiger partial charge is 0.0450 e. The summed E-state index contributed by atoms with van der Waals surface area (Å²) in [5.74, 6) is 0. The van der Waals surface area contributed by atoms with Crippen LogP contribution in [-0.2, 0) is 0 Å². The van der Waals surface area contributed by atoms with E-state index in [4.69, 9.17) is 0 Å². The summed E-state index contributed by atoms with van der Waals surface area (Å²) in [5.41, 5.74) is 1.43. The minimum absolute atomic E-state index is 0.491. The zero-order valence-corrected chi connectivity index (χ0v) is 13.3. The molecule has 0 radical (unpaired) electrons. The van der Waals surface area contributed by atoms with Crippen LogP contribution in [0.3, 0.4) is 0 Å².